The lowest BCUT2D eigenvalue weighted by Crippen LogP contribution is -2.06. The third-order valence-corrected chi connectivity index (χ3v) is 4.29. The van der Waals surface area contributed by atoms with Gasteiger partial charge in [0, 0.05) is 16.7 Å². The molecule has 0 aliphatic heterocycles. The van der Waals surface area contributed by atoms with Crippen LogP contribution in [-0.2, 0) is 12.7 Å². The quantitative estimate of drug-likeness (QED) is 0.776. The SMILES string of the molecule is Cc1cscc1CNc1ccc(C(F)(F)F)cc1Br. The highest BCUT2D eigenvalue weighted by Crippen LogP contribution is 2.34. The molecule has 0 radical (unpaired) electrons. The van der Waals surface area contributed by atoms with Crippen molar-refractivity contribution in [1.29, 1.82) is 0 Å². The topological polar surface area (TPSA) is 12.0 Å². The van der Waals surface area contributed by atoms with Crippen LogP contribution in [0.15, 0.2) is 33.4 Å². The van der Waals surface area contributed by atoms with E-state index in [2.05, 4.69) is 21.2 Å². The van der Waals surface area contributed by atoms with Gasteiger partial charge < -0.3 is 5.32 Å². The zero-order chi connectivity index (χ0) is 14.0. The Bertz CT molecular complexity index is 578. The summed E-state index contributed by atoms with van der Waals surface area (Å²) in [5, 5.41) is 7.20. The van der Waals surface area contributed by atoms with Gasteiger partial charge in [0.1, 0.15) is 0 Å². The second-order valence-electron chi connectivity index (χ2n) is 4.13. The minimum atomic E-state index is -4.31. The van der Waals surface area contributed by atoms with Gasteiger partial charge in [-0.25, -0.2) is 0 Å². The highest BCUT2D eigenvalue weighted by Gasteiger charge is 2.30. The van der Waals surface area contributed by atoms with Crippen LogP contribution in [0.2, 0.25) is 0 Å². The molecule has 1 aromatic heterocycles. The first kappa shape index (κ1) is 14.4. The van der Waals surface area contributed by atoms with Crippen molar-refractivity contribution >= 4 is 33.0 Å². The Hall–Kier alpha value is -1.01. The van der Waals surface area contributed by atoms with Crippen LogP contribution in [-0.4, -0.2) is 0 Å². The Morgan fingerprint density at radius 2 is 2.00 bits per heavy atom. The minimum Gasteiger partial charge on any atom is -0.380 e. The molecule has 1 heterocycles. The van der Waals surface area contributed by atoms with Crippen molar-refractivity contribution in [1.82, 2.24) is 0 Å². The fourth-order valence-electron chi connectivity index (χ4n) is 1.59. The van der Waals surface area contributed by atoms with E-state index < -0.39 is 11.7 Å². The van der Waals surface area contributed by atoms with E-state index in [0.29, 0.717) is 16.7 Å². The summed E-state index contributed by atoms with van der Waals surface area (Å²) < 4.78 is 38.0. The molecule has 1 N–H and O–H groups in total. The Labute approximate surface area is 121 Å². The number of hydrogen-bond donors (Lipinski definition) is 1. The van der Waals surface area contributed by atoms with Crippen molar-refractivity contribution < 1.29 is 13.2 Å². The number of thiophene rings is 1. The molecule has 0 unspecified atom stereocenters. The second-order valence-corrected chi connectivity index (χ2v) is 5.72. The van der Waals surface area contributed by atoms with Gasteiger partial charge in [0.25, 0.3) is 0 Å². The molecule has 2 rings (SSSR count). The number of aryl methyl sites for hydroxylation is 1. The summed E-state index contributed by atoms with van der Waals surface area (Å²) in [5.41, 5.74) is 2.33. The van der Waals surface area contributed by atoms with Crippen molar-refractivity contribution in [2.45, 2.75) is 19.6 Å². The van der Waals surface area contributed by atoms with Crippen molar-refractivity contribution in [2.75, 3.05) is 5.32 Å². The molecule has 0 fully saturated rings. The lowest BCUT2D eigenvalue weighted by Gasteiger charge is -2.12. The Morgan fingerprint density at radius 1 is 1.26 bits per heavy atom. The second kappa shape index (κ2) is 5.54. The first-order valence-electron chi connectivity index (χ1n) is 5.50. The fraction of sp³-hybridized carbons (Fsp3) is 0.231. The molecule has 0 bridgehead atoms. The zero-order valence-electron chi connectivity index (χ0n) is 10.0. The lowest BCUT2D eigenvalue weighted by molar-refractivity contribution is -0.137. The van der Waals surface area contributed by atoms with Crippen LogP contribution < -0.4 is 5.32 Å². The van der Waals surface area contributed by atoms with Gasteiger partial charge in [-0.05, 0) is 62.9 Å². The van der Waals surface area contributed by atoms with E-state index in [-0.39, 0.29) is 0 Å². The molecule has 0 amide bonds. The van der Waals surface area contributed by atoms with E-state index in [1.165, 1.54) is 11.6 Å². The number of alkyl halides is 3. The molecule has 102 valence electrons. The molecule has 0 saturated carbocycles. The highest BCUT2D eigenvalue weighted by atomic mass is 79.9. The van der Waals surface area contributed by atoms with Crippen LogP contribution >= 0.6 is 27.3 Å². The van der Waals surface area contributed by atoms with Crippen LogP contribution in [0.4, 0.5) is 18.9 Å². The standard InChI is InChI=1S/C13H11BrF3NS/c1-8-6-19-7-9(8)5-18-12-3-2-10(4-11(12)14)13(15,16)17/h2-4,6-7,18H,5H2,1H3. The largest absolute Gasteiger partial charge is 0.416 e. The number of halogens is 4. The molecular weight excluding hydrogens is 339 g/mol. The van der Waals surface area contributed by atoms with Crippen molar-refractivity contribution in [2.24, 2.45) is 0 Å². The normalized spacial score (nSPS) is 11.6. The third kappa shape index (κ3) is 3.51. The molecule has 1 nitrogen and oxygen atoms in total. The number of rotatable bonds is 3. The molecule has 0 saturated heterocycles. The predicted molar refractivity (Wildman–Crippen MR) is 75.5 cm³/mol. The van der Waals surface area contributed by atoms with Crippen LogP contribution in [0.1, 0.15) is 16.7 Å². The Morgan fingerprint density at radius 3 is 2.53 bits per heavy atom. The van der Waals surface area contributed by atoms with Crippen LogP contribution in [0.3, 0.4) is 0 Å². The Balaban J connectivity index is 2.12. The summed E-state index contributed by atoms with van der Waals surface area (Å²) >= 11 is 4.77. The van der Waals surface area contributed by atoms with E-state index in [0.717, 1.165) is 17.7 Å². The van der Waals surface area contributed by atoms with Crippen molar-refractivity contribution in [3.05, 3.63) is 50.1 Å². The van der Waals surface area contributed by atoms with Crippen LogP contribution in [0.25, 0.3) is 0 Å². The summed E-state index contributed by atoms with van der Waals surface area (Å²) in [6.45, 7) is 2.61. The zero-order valence-corrected chi connectivity index (χ0v) is 12.4. The average Bonchev–Trinajstić information content (AvgIpc) is 2.72. The van der Waals surface area contributed by atoms with E-state index in [4.69, 9.17) is 0 Å². The molecule has 1 aromatic carbocycles. The van der Waals surface area contributed by atoms with Gasteiger partial charge >= 0.3 is 6.18 Å². The maximum atomic E-state index is 12.5. The molecular formula is C13H11BrF3NS. The summed E-state index contributed by atoms with van der Waals surface area (Å²) in [5.74, 6) is 0. The molecule has 0 atom stereocenters. The predicted octanol–water partition coefficient (Wildman–Crippen LogP) is 5.45. The molecule has 0 spiro atoms. The first-order chi connectivity index (χ1) is 8.88. The first-order valence-corrected chi connectivity index (χ1v) is 7.24. The van der Waals surface area contributed by atoms with Gasteiger partial charge in [0.05, 0.1) is 5.56 Å². The summed E-state index contributed by atoms with van der Waals surface area (Å²) in [6, 6.07) is 3.60. The molecule has 0 aliphatic carbocycles. The van der Waals surface area contributed by atoms with Gasteiger partial charge in [-0.1, -0.05) is 0 Å². The Kier molecular flexibility index (Phi) is 4.20. The maximum absolute atomic E-state index is 12.5. The fourth-order valence-corrected chi connectivity index (χ4v) is 2.97. The maximum Gasteiger partial charge on any atom is 0.416 e. The van der Waals surface area contributed by atoms with E-state index in [1.807, 2.05) is 17.7 Å². The van der Waals surface area contributed by atoms with Crippen LogP contribution in [0, 0.1) is 6.92 Å². The van der Waals surface area contributed by atoms with Gasteiger partial charge in [-0.3, -0.25) is 0 Å². The van der Waals surface area contributed by atoms with E-state index in [9.17, 15) is 13.2 Å². The summed E-state index contributed by atoms with van der Waals surface area (Å²) in [6.07, 6.45) is -4.31. The van der Waals surface area contributed by atoms with E-state index >= 15 is 0 Å². The monoisotopic (exact) mass is 349 g/mol. The number of benzene rings is 1. The lowest BCUT2D eigenvalue weighted by atomic mass is 10.2. The minimum absolute atomic E-state index is 0.412. The van der Waals surface area contributed by atoms with Gasteiger partial charge in [0.2, 0.25) is 0 Å². The number of anilines is 1. The van der Waals surface area contributed by atoms with Crippen molar-refractivity contribution in [3.8, 4) is 0 Å². The van der Waals surface area contributed by atoms with Crippen LogP contribution in [0.5, 0.6) is 0 Å². The number of hydrogen-bond acceptors (Lipinski definition) is 2. The highest BCUT2D eigenvalue weighted by molar-refractivity contribution is 9.10. The average molecular weight is 350 g/mol. The molecule has 19 heavy (non-hydrogen) atoms. The van der Waals surface area contributed by atoms with Gasteiger partial charge in [-0.15, -0.1) is 0 Å². The molecule has 6 heteroatoms. The molecule has 2 aromatic rings. The van der Waals surface area contributed by atoms with Gasteiger partial charge in [0.15, 0.2) is 0 Å². The molecule has 0 aliphatic rings. The summed E-state index contributed by atoms with van der Waals surface area (Å²) in [7, 11) is 0. The summed E-state index contributed by atoms with van der Waals surface area (Å²) in [4.78, 5) is 0. The third-order valence-electron chi connectivity index (χ3n) is 2.73. The van der Waals surface area contributed by atoms with E-state index in [1.54, 1.807) is 11.3 Å². The van der Waals surface area contributed by atoms with Crippen molar-refractivity contribution in [3.63, 3.8) is 0 Å². The van der Waals surface area contributed by atoms with Gasteiger partial charge in [-0.2, -0.15) is 24.5 Å². The smallest absolute Gasteiger partial charge is 0.380 e. The number of nitrogens with one attached hydrogen (secondary N) is 1.